The summed E-state index contributed by atoms with van der Waals surface area (Å²) < 4.78 is 6.89. The van der Waals surface area contributed by atoms with Gasteiger partial charge in [-0.05, 0) is 33.3 Å². The highest BCUT2D eigenvalue weighted by Gasteiger charge is 2.33. The summed E-state index contributed by atoms with van der Waals surface area (Å²) in [6, 6.07) is 0. The fourth-order valence-corrected chi connectivity index (χ4v) is 2.31. The SMILES string of the molecule is CCOC(=O)C(C)(C)n1cc(C)c2c(Cl)ncnc21. The first-order chi connectivity index (χ1) is 8.89. The van der Waals surface area contributed by atoms with Crippen molar-refractivity contribution in [2.75, 3.05) is 6.61 Å². The number of fused-ring (bicyclic) bond motifs is 1. The fraction of sp³-hybridized carbons (Fsp3) is 0.462. The molecule has 0 bridgehead atoms. The molecule has 5 nitrogen and oxygen atoms in total. The first-order valence-corrected chi connectivity index (χ1v) is 6.43. The minimum Gasteiger partial charge on any atom is -0.464 e. The molecule has 0 atom stereocenters. The van der Waals surface area contributed by atoms with Crippen LogP contribution in [0.5, 0.6) is 0 Å². The minimum atomic E-state index is -0.847. The van der Waals surface area contributed by atoms with E-state index >= 15 is 0 Å². The zero-order valence-electron chi connectivity index (χ0n) is 11.4. The summed E-state index contributed by atoms with van der Waals surface area (Å²) in [5, 5.41) is 1.16. The van der Waals surface area contributed by atoms with E-state index in [1.54, 1.807) is 25.3 Å². The van der Waals surface area contributed by atoms with E-state index in [-0.39, 0.29) is 5.97 Å². The molecular formula is C13H16ClN3O2. The first kappa shape index (κ1) is 13.8. The second-order valence-corrected chi connectivity index (χ2v) is 5.18. The van der Waals surface area contributed by atoms with Gasteiger partial charge in [-0.25, -0.2) is 14.8 Å². The van der Waals surface area contributed by atoms with Crippen LogP contribution in [0.2, 0.25) is 5.15 Å². The van der Waals surface area contributed by atoms with Crippen LogP contribution in [0.25, 0.3) is 11.0 Å². The smallest absolute Gasteiger partial charge is 0.331 e. The fourth-order valence-electron chi connectivity index (χ4n) is 2.03. The van der Waals surface area contributed by atoms with E-state index < -0.39 is 5.54 Å². The summed E-state index contributed by atoms with van der Waals surface area (Å²) in [4.78, 5) is 20.3. The lowest BCUT2D eigenvalue weighted by molar-refractivity contribution is -0.152. The van der Waals surface area contributed by atoms with Gasteiger partial charge in [-0.15, -0.1) is 0 Å². The molecule has 0 saturated heterocycles. The van der Waals surface area contributed by atoms with Gasteiger partial charge < -0.3 is 9.30 Å². The van der Waals surface area contributed by atoms with E-state index in [0.717, 1.165) is 10.9 Å². The van der Waals surface area contributed by atoms with Crippen molar-refractivity contribution in [2.45, 2.75) is 33.2 Å². The summed E-state index contributed by atoms with van der Waals surface area (Å²) >= 11 is 6.09. The number of rotatable bonds is 3. The van der Waals surface area contributed by atoms with Gasteiger partial charge in [0.25, 0.3) is 0 Å². The van der Waals surface area contributed by atoms with Gasteiger partial charge in [-0.1, -0.05) is 11.6 Å². The molecule has 0 saturated carbocycles. The molecule has 2 rings (SSSR count). The molecule has 0 aromatic carbocycles. The van der Waals surface area contributed by atoms with Crippen LogP contribution in [0.15, 0.2) is 12.5 Å². The monoisotopic (exact) mass is 281 g/mol. The predicted molar refractivity (Wildman–Crippen MR) is 73.2 cm³/mol. The minimum absolute atomic E-state index is 0.304. The number of hydrogen-bond donors (Lipinski definition) is 0. The average Bonchev–Trinajstić information content (AvgIpc) is 2.69. The van der Waals surface area contributed by atoms with Crippen LogP contribution in [-0.2, 0) is 15.1 Å². The number of carbonyl (C=O) groups excluding carboxylic acids is 1. The van der Waals surface area contributed by atoms with Crippen LogP contribution in [-0.4, -0.2) is 27.1 Å². The second-order valence-electron chi connectivity index (χ2n) is 4.82. The third kappa shape index (κ3) is 2.18. The standard InChI is InChI=1S/C13H16ClN3O2/c1-5-19-12(18)13(3,4)17-6-8(2)9-10(14)15-7-16-11(9)17/h6-7H,5H2,1-4H3. The Bertz CT molecular complexity index is 634. The number of halogens is 1. The highest BCUT2D eigenvalue weighted by atomic mass is 35.5. The summed E-state index contributed by atoms with van der Waals surface area (Å²) in [6.07, 6.45) is 3.24. The molecule has 0 radical (unpaired) electrons. The largest absolute Gasteiger partial charge is 0.464 e. The summed E-state index contributed by atoms with van der Waals surface area (Å²) in [6.45, 7) is 7.62. The van der Waals surface area contributed by atoms with E-state index in [1.165, 1.54) is 6.33 Å². The Morgan fingerprint density at radius 1 is 1.47 bits per heavy atom. The lowest BCUT2D eigenvalue weighted by Crippen LogP contribution is -2.37. The quantitative estimate of drug-likeness (QED) is 0.641. The Balaban J connectivity index is 2.63. The maximum atomic E-state index is 12.1. The topological polar surface area (TPSA) is 57.0 Å². The molecule has 6 heteroatoms. The van der Waals surface area contributed by atoms with E-state index in [9.17, 15) is 4.79 Å². The predicted octanol–water partition coefficient (Wildman–Crippen LogP) is 2.69. The maximum absolute atomic E-state index is 12.1. The molecule has 0 unspecified atom stereocenters. The van der Waals surface area contributed by atoms with Gasteiger partial charge in [0.05, 0.1) is 12.0 Å². The van der Waals surface area contributed by atoms with Crippen molar-refractivity contribution >= 4 is 28.6 Å². The van der Waals surface area contributed by atoms with Crippen LogP contribution >= 0.6 is 11.6 Å². The van der Waals surface area contributed by atoms with Gasteiger partial charge in [0.15, 0.2) is 0 Å². The van der Waals surface area contributed by atoms with Gasteiger partial charge in [-0.3, -0.25) is 0 Å². The zero-order valence-corrected chi connectivity index (χ0v) is 12.2. The van der Waals surface area contributed by atoms with E-state index in [1.807, 2.05) is 13.1 Å². The number of aryl methyl sites for hydroxylation is 1. The second kappa shape index (κ2) is 4.81. The Hall–Kier alpha value is -1.62. The van der Waals surface area contributed by atoms with Crippen LogP contribution in [0, 0.1) is 6.92 Å². The molecular weight excluding hydrogens is 266 g/mol. The van der Waals surface area contributed by atoms with Crippen molar-refractivity contribution in [2.24, 2.45) is 0 Å². The van der Waals surface area contributed by atoms with Gasteiger partial charge >= 0.3 is 5.97 Å². The molecule has 0 spiro atoms. The van der Waals surface area contributed by atoms with Gasteiger partial charge in [0.2, 0.25) is 0 Å². The van der Waals surface area contributed by atoms with Crippen molar-refractivity contribution in [3.8, 4) is 0 Å². The Morgan fingerprint density at radius 2 is 2.16 bits per heavy atom. The molecule has 19 heavy (non-hydrogen) atoms. The molecule has 102 valence electrons. The van der Waals surface area contributed by atoms with Crippen molar-refractivity contribution in [3.05, 3.63) is 23.2 Å². The molecule has 0 aliphatic rings. The molecule has 2 aromatic heterocycles. The molecule has 0 aliphatic carbocycles. The van der Waals surface area contributed by atoms with Crippen molar-refractivity contribution in [3.63, 3.8) is 0 Å². The van der Waals surface area contributed by atoms with Crippen LogP contribution in [0.1, 0.15) is 26.3 Å². The number of nitrogens with zero attached hydrogens (tertiary/aromatic N) is 3. The van der Waals surface area contributed by atoms with Crippen molar-refractivity contribution in [1.29, 1.82) is 0 Å². The normalized spacial score (nSPS) is 11.8. The molecule has 0 fully saturated rings. The first-order valence-electron chi connectivity index (χ1n) is 6.05. The number of aromatic nitrogens is 3. The highest BCUT2D eigenvalue weighted by Crippen LogP contribution is 2.30. The molecule has 0 N–H and O–H groups in total. The Morgan fingerprint density at radius 3 is 2.79 bits per heavy atom. The van der Waals surface area contributed by atoms with Crippen LogP contribution in [0.3, 0.4) is 0 Å². The van der Waals surface area contributed by atoms with Gasteiger partial charge in [-0.2, -0.15) is 0 Å². The van der Waals surface area contributed by atoms with E-state index in [0.29, 0.717) is 17.4 Å². The third-order valence-corrected chi connectivity index (χ3v) is 3.39. The molecule has 2 aromatic rings. The number of esters is 1. The van der Waals surface area contributed by atoms with Gasteiger partial charge in [0, 0.05) is 6.20 Å². The summed E-state index contributed by atoms with van der Waals surface area (Å²) in [5.41, 5.74) is 0.716. The lowest BCUT2D eigenvalue weighted by atomic mass is 10.1. The zero-order chi connectivity index (χ0) is 14.2. The van der Waals surface area contributed by atoms with Gasteiger partial charge in [0.1, 0.15) is 22.7 Å². The Kier molecular flexibility index (Phi) is 3.49. The van der Waals surface area contributed by atoms with Crippen LogP contribution in [0.4, 0.5) is 0 Å². The number of ether oxygens (including phenoxy) is 1. The lowest BCUT2D eigenvalue weighted by Gasteiger charge is -2.24. The average molecular weight is 282 g/mol. The van der Waals surface area contributed by atoms with Crippen LogP contribution < -0.4 is 0 Å². The van der Waals surface area contributed by atoms with E-state index in [4.69, 9.17) is 16.3 Å². The molecule has 0 amide bonds. The number of hydrogen-bond acceptors (Lipinski definition) is 4. The van der Waals surface area contributed by atoms with Crippen molar-refractivity contribution < 1.29 is 9.53 Å². The maximum Gasteiger partial charge on any atom is 0.331 e. The van der Waals surface area contributed by atoms with Crippen molar-refractivity contribution in [1.82, 2.24) is 14.5 Å². The molecule has 0 aliphatic heterocycles. The Labute approximate surface area is 116 Å². The highest BCUT2D eigenvalue weighted by molar-refractivity contribution is 6.34. The summed E-state index contributed by atoms with van der Waals surface area (Å²) in [5.74, 6) is -0.304. The third-order valence-electron chi connectivity index (χ3n) is 3.10. The molecule has 2 heterocycles. The number of carbonyl (C=O) groups is 1. The summed E-state index contributed by atoms with van der Waals surface area (Å²) in [7, 11) is 0. The van der Waals surface area contributed by atoms with E-state index in [2.05, 4.69) is 9.97 Å².